The molecule has 0 saturated carbocycles. The molecule has 0 unspecified atom stereocenters. The van der Waals surface area contributed by atoms with E-state index in [0.717, 1.165) is 5.56 Å². The Hall–Kier alpha value is -2.90. The summed E-state index contributed by atoms with van der Waals surface area (Å²) in [5, 5.41) is 16.2. The van der Waals surface area contributed by atoms with Crippen molar-refractivity contribution in [2.24, 2.45) is 5.10 Å². The second kappa shape index (κ2) is 5.14. The molecule has 3 aromatic heterocycles. The molecule has 22 heavy (non-hydrogen) atoms. The molecule has 0 aliphatic heterocycles. The van der Waals surface area contributed by atoms with Crippen molar-refractivity contribution < 1.29 is 0 Å². The first-order valence-electron chi connectivity index (χ1n) is 6.75. The fraction of sp³-hybridized carbons (Fsp3) is 0.286. The van der Waals surface area contributed by atoms with Crippen molar-refractivity contribution in [3.8, 4) is 0 Å². The largest absolute Gasteiger partial charge is 0.298 e. The summed E-state index contributed by atoms with van der Waals surface area (Å²) in [5.74, 6) is 0.262. The normalized spacial score (nSPS) is 12.3. The van der Waals surface area contributed by atoms with E-state index in [2.05, 4.69) is 25.4 Å². The Labute approximate surface area is 126 Å². The number of hydrogen-bond donors (Lipinski definition) is 0. The SMILES string of the molecule is CC(C)(C)c1nn2cnnc2n(N=Cc2cccnc2)c1=O. The van der Waals surface area contributed by atoms with E-state index in [1.165, 1.54) is 15.5 Å². The lowest BCUT2D eigenvalue weighted by Crippen LogP contribution is -2.33. The first kappa shape index (κ1) is 14.1. The van der Waals surface area contributed by atoms with Crippen LogP contribution in [0.4, 0.5) is 0 Å². The third-order valence-electron chi connectivity index (χ3n) is 3.02. The minimum atomic E-state index is -0.416. The molecule has 0 aliphatic rings. The van der Waals surface area contributed by atoms with Gasteiger partial charge in [-0.3, -0.25) is 9.78 Å². The van der Waals surface area contributed by atoms with Crippen LogP contribution in [-0.4, -0.2) is 35.7 Å². The molecule has 0 fully saturated rings. The maximum Gasteiger partial charge on any atom is 0.298 e. The smallest absolute Gasteiger partial charge is 0.265 e. The van der Waals surface area contributed by atoms with Gasteiger partial charge in [0.2, 0.25) is 0 Å². The van der Waals surface area contributed by atoms with Crippen LogP contribution >= 0.6 is 0 Å². The Morgan fingerprint density at radius 3 is 2.82 bits per heavy atom. The quantitative estimate of drug-likeness (QED) is 0.654. The van der Waals surface area contributed by atoms with Gasteiger partial charge in [-0.25, -0.2) is 0 Å². The summed E-state index contributed by atoms with van der Waals surface area (Å²) in [5.41, 5.74) is 0.443. The molecule has 3 aromatic rings. The lowest BCUT2D eigenvalue weighted by Gasteiger charge is -2.16. The average molecular weight is 297 g/mol. The standard InChI is InChI=1S/C14H15N7O/c1-14(2,3)11-12(22)21(13-18-16-9-20(13)19-11)17-8-10-5-4-6-15-7-10/h4-9H,1-3H3. The van der Waals surface area contributed by atoms with Gasteiger partial charge in [-0.05, 0) is 6.07 Å². The predicted molar refractivity (Wildman–Crippen MR) is 81.0 cm³/mol. The van der Waals surface area contributed by atoms with Gasteiger partial charge in [-0.2, -0.15) is 19.4 Å². The molecule has 0 saturated heterocycles. The molecular formula is C14H15N7O. The van der Waals surface area contributed by atoms with E-state index in [-0.39, 0.29) is 11.3 Å². The summed E-state index contributed by atoms with van der Waals surface area (Å²) in [7, 11) is 0. The van der Waals surface area contributed by atoms with E-state index >= 15 is 0 Å². The summed E-state index contributed by atoms with van der Waals surface area (Å²) >= 11 is 0. The van der Waals surface area contributed by atoms with Crippen LogP contribution in [0.25, 0.3) is 5.78 Å². The molecule has 0 radical (unpaired) electrons. The first-order chi connectivity index (χ1) is 10.5. The number of rotatable bonds is 2. The molecule has 8 heteroatoms. The Morgan fingerprint density at radius 1 is 1.32 bits per heavy atom. The summed E-state index contributed by atoms with van der Waals surface area (Å²) < 4.78 is 2.65. The zero-order valence-corrected chi connectivity index (χ0v) is 12.5. The van der Waals surface area contributed by atoms with Crippen molar-refractivity contribution >= 4 is 12.0 Å². The van der Waals surface area contributed by atoms with E-state index < -0.39 is 5.41 Å². The van der Waals surface area contributed by atoms with Gasteiger partial charge in [-0.1, -0.05) is 26.8 Å². The fourth-order valence-corrected chi connectivity index (χ4v) is 1.93. The fourth-order valence-electron chi connectivity index (χ4n) is 1.93. The molecule has 0 aromatic carbocycles. The topological polar surface area (TPSA) is 90.3 Å². The third-order valence-corrected chi connectivity index (χ3v) is 3.02. The van der Waals surface area contributed by atoms with E-state index in [1.54, 1.807) is 24.7 Å². The Morgan fingerprint density at radius 2 is 2.14 bits per heavy atom. The summed E-state index contributed by atoms with van der Waals surface area (Å²) in [6.45, 7) is 5.76. The number of fused-ring (bicyclic) bond motifs is 1. The second-order valence-electron chi connectivity index (χ2n) is 5.82. The molecule has 8 nitrogen and oxygen atoms in total. The predicted octanol–water partition coefficient (Wildman–Crippen LogP) is 0.861. The van der Waals surface area contributed by atoms with Crippen LogP contribution < -0.4 is 5.56 Å². The second-order valence-corrected chi connectivity index (χ2v) is 5.82. The van der Waals surface area contributed by atoms with E-state index in [9.17, 15) is 4.79 Å². The highest BCUT2D eigenvalue weighted by atomic mass is 16.1. The molecule has 0 amide bonds. The zero-order valence-electron chi connectivity index (χ0n) is 12.5. The maximum absolute atomic E-state index is 12.6. The third kappa shape index (κ3) is 2.50. The van der Waals surface area contributed by atoms with Crippen molar-refractivity contribution in [1.29, 1.82) is 0 Å². The van der Waals surface area contributed by atoms with Gasteiger partial charge in [0, 0.05) is 23.4 Å². The number of aromatic nitrogens is 6. The maximum atomic E-state index is 12.6. The van der Waals surface area contributed by atoms with Crippen LogP contribution in [0.15, 0.2) is 40.7 Å². The molecule has 0 N–H and O–H groups in total. The monoisotopic (exact) mass is 297 g/mol. The van der Waals surface area contributed by atoms with E-state index in [4.69, 9.17) is 0 Å². The van der Waals surface area contributed by atoms with Crippen LogP contribution in [0.3, 0.4) is 0 Å². The molecule has 0 atom stereocenters. The van der Waals surface area contributed by atoms with Gasteiger partial charge >= 0.3 is 0 Å². The van der Waals surface area contributed by atoms with Crippen LogP contribution in [0.2, 0.25) is 0 Å². The van der Waals surface area contributed by atoms with Crippen LogP contribution in [0.5, 0.6) is 0 Å². The van der Waals surface area contributed by atoms with Crippen molar-refractivity contribution in [3.05, 3.63) is 52.5 Å². The van der Waals surface area contributed by atoms with Crippen LogP contribution in [0.1, 0.15) is 32.0 Å². The molecule has 112 valence electrons. The van der Waals surface area contributed by atoms with Crippen molar-refractivity contribution in [1.82, 2.24) is 29.5 Å². The Kier molecular flexibility index (Phi) is 3.28. The van der Waals surface area contributed by atoms with Gasteiger partial charge in [0.1, 0.15) is 12.0 Å². The highest BCUT2D eigenvalue weighted by Gasteiger charge is 2.23. The minimum Gasteiger partial charge on any atom is -0.265 e. The van der Waals surface area contributed by atoms with Crippen LogP contribution in [0, 0.1) is 0 Å². The Bertz CT molecular complexity index is 887. The molecule has 0 aliphatic carbocycles. The lowest BCUT2D eigenvalue weighted by atomic mass is 9.93. The van der Waals surface area contributed by atoms with Crippen molar-refractivity contribution in [2.45, 2.75) is 26.2 Å². The summed E-state index contributed by atoms with van der Waals surface area (Å²) in [4.78, 5) is 16.6. The van der Waals surface area contributed by atoms with E-state index in [1.807, 2.05) is 26.8 Å². The van der Waals surface area contributed by atoms with Gasteiger partial charge in [0.25, 0.3) is 11.3 Å². The number of hydrogen-bond acceptors (Lipinski definition) is 6. The van der Waals surface area contributed by atoms with Gasteiger partial charge in [-0.15, -0.1) is 10.2 Å². The summed E-state index contributed by atoms with van der Waals surface area (Å²) in [6, 6.07) is 3.64. The highest BCUT2D eigenvalue weighted by molar-refractivity contribution is 5.78. The Balaban J connectivity index is 2.20. The van der Waals surface area contributed by atoms with Gasteiger partial charge < -0.3 is 0 Å². The first-order valence-corrected chi connectivity index (χ1v) is 6.75. The lowest BCUT2D eigenvalue weighted by molar-refractivity contribution is 0.529. The molecule has 3 heterocycles. The van der Waals surface area contributed by atoms with Gasteiger partial charge in [0.15, 0.2) is 0 Å². The molecular weight excluding hydrogens is 282 g/mol. The molecule has 3 rings (SSSR count). The zero-order chi connectivity index (χ0) is 15.7. The van der Waals surface area contributed by atoms with Crippen LogP contribution in [-0.2, 0) is 5.41 Å². The average Bonchev–Trinajstić information content (AvgIpc) is 2.94. The number of nitrogens with zero attached hydrogens (tertiary/aromatic N) is 7. The van der Waals surface area contributed by atoms with E-state index in [0.29, 0.717) is 5.69 Å². The highest BCUT2D eigenvalue weighted by Crippen LogP contribution is 2.16. The molecule has 0 spiro atoms. The summed E-state index contributed by atoms with van der Waals surface area (Å²) in [6.07, 6.45) is 6.32. The number of pyridine rings is 1. The molecule has 0 bridgehead atoms. The van der Waals surface area contributed by atoms with Crippen molar-refractivity contribution in [3.63, 3.8) is 0 Å². The minimum absolute atomic E-state index is 0.262. The van der Waals surface area contributed by atoms with Gasteiger partial charge in [0.05, 0.1) is 6.21 Å². The van der Waals surface area contributed by atoms with Crippen molar-refractivity contribution in [2.75, 3.05) is 0 Å².